The van der Waals surface area contributed by atoms with Gasteiger partial charge < -0.3 is 18.5 Å². The molecule has 0 spiro atoms. The molecular weight excluding hydrogens is 875 g/mol. The lowest BCUT2D eigenvalue weighted by molar-refractivity contribution is 0.669. The summed E-state index contributed by atoms with van der Waals surface area (Å²) in [4.78, 5) is 2.42. The van der Waals surface area contributed by atoms with Crippen LogP contribution in [0.15, 0.2) is 265 Å². The van der Waals surface area contributed by atoms with Gasteiger partial charge in [-0.1, -0.05) is 146 Å². The summed E-state index contributed by atoms with van der Waals surface area (Å²) in [6.07, 6.45) is 0. The Morgan fingerprint density at radius 3 is 1.68 bits per heavy atom. The van der Waals surface area contributed by atoms with Gasteiger partial charge >= 0.3 is 0 Å². The number of para-hydroxylation sites is 4. The van der Waals surface area contributed by atoms with E-state index in [0.717, 1.165) is 72.5 Å². The van der Waals surface area contributed by atoms with Crippen molar-refractivity contribution < 1.29 is 4.42 Å². The van der Waals surface area contributed by atoms with Crippen LogP contribution in [0.4, 0.5) is 17.1 Å². The first-order valence-electron chi connectivity index (χ1n) is 24.6. The minimum Gasteiger partial charge on any atom is -0.456 e. The van der Waals surface area contributed by atoms with Gasteiger partial charge in [0.1, 0.15) is 11.2 Å². The van der Waals surface area contributed by atoms with Crippen LogP contribution in [-0.4, -0.2) is 9.13 Å². The van der Waals surface area contributed by atoms with Crippen LogP contribution < -0.4 is 4.90 Å². The van der Waals surface area contributed by atoms with Crippen LogP contribution >= 0.6 is 0 Å². The Kier molecular flexibility index (Phi) is 8.92. The third-order valence-corrected chi connectivity index (χ3v) is 14.8. The summed E-state index contributed by atoms with van der Waals surface area (Å²) in [6, 6.07) is 95.0. The second-order valence-corrected chi connectivity index (χ2v) is 18.9. The molecule has 0 unspecified atom stereocenters. The molecule has 3 aromatic heterocycles. The number of nitrogens with zero attached hydrogens (tertiary/aromatic N) is 3. The van der Waals surface area contributed by atoms with Crippen LogP contribution in [0, 0.1) is 0 Å². The van der Waals surface area contributed by atoms with E-state index < -0.39 is 0 Å². The molecule has 0 fully saturated rings. The Balaban J connectivity index is 0.972. The Morgan fingerprint density at radius 2 is 0.847 bits per heavy atom. The number of rotatable bonds is 7. The molecule has 15 aromatic rings. The maximum atomic E-state index is 6.52. The first-order chi connectivity index (χ1) is 35.7. The van der Waals surface area contributed by atoms with E-state index in [1.807, 2.05) is 6.07 Å². The number of fused-ring (bicyclic) bond motifs is 11. The van der Waals surface area contributed by atoms with Crippen molar-refractivity contribution in [1.82, 2.24) is 9.13 Å². The van der Waals surface area contributed by atoms with Crippen molar-refractivity contribution in [3.8, 4) is 33.6 Å². The molecule has 0 saturated heterocycles. The molecule has 15 rings (SSSR count). The van der Waals surface area contributed by atoms with Crippen LogP contribution in [0.3, 0.4) is 0 Å². The number of hydrogen-bond donors (Lipinski definition) is 0. The monoisotopic (exact) mass is 917 g/mol. The van der Waals surface area contributed by atoms with Gasteiger partial charge in [0, 0.05) is 60.5 Å². The number of anilines is 3. The molecule has 0 aliphatic carbocycles. The lowest BCUT2D eigenvalue weighted by Crippen LogP contribution is -2.10. The van der Waals surface area contributed by atoms with E-state index in [2.05, 4.69) is 269 Å². The Hall–Kier alpha value is -9.64. The van der Waals surface area contributed by atoms with Crippen LogP contribution in [0.25, 0.3) is 121 Å². The lowest BCUT2D eigenvalue weighted by atomic mass is 9.95. The van der Waals surface area contributed by atoms with Crippen molar-refractivity contribution in [2.45, 2.75) is 0 Å². The summed E-state index contributed by atoms with van der Waals surface area (Å²) in [6.45, 7) is 0. The molecule has 0 amide bonds. The Morgan fingerprint density at radius 1 is 0.264 bits per heavy atom. The van der Waals surface area contributed by atoms with E-state index in [4.69, 9.17) is 4.42 Å². The molecule has 0 saturated carbocycles. The normalized spacial score (nSPS) is 11.9. The molecule has 4 heteroatoms. The summed E-state index contributed by atoms with van der Waals surface area (Å²) in [5.74, 6) is 0. The third-order valence-electron chi connectivity index (χ3n) is 14.8. The minimum atomic E-state index is 0.871. The van der Waals surface area contributed by atoms with E-state index in [0.29, 0.717) is 0 Å². The molecule has 4 nitrogen and oxygen atoms in total. The zero-order chi connectivity index (χ0) is 47.3. The maximum Gasteiger partial charge on any atom is 0.136 e. The van der Waals surface area contributed by atoms with Gasteiger partial charge in [-0.05, 0) is 154 Å². The maximum absolute atomic E-state index is 6.52. The van der Waals surface area contributed by atoms with E-state index in [9.17, 15) is 0 Å². The fraction of sp³-hybridized carbons (Fsp3) is 0. The van der Waals surface area contributed by atoms with Crippen molar-refractivity contribution in [1.29, 1.82) is 0 Å². The van der Waals surface area contributed by atoms with Gasteiger partial charge in [-0.2, -0.15) is 0 Å². The van der Waals surface area contributed by atoms with Crippen LogP contribution in [-0.2, 0) is 0 Å². The summed E-state index contributed by atoms with van der Waals surface area (Å²) >= 11 is 0. The number of benzene rings is 12. The average Bonchev–Trinajstić information content (AvgIpc) is 4.09. The SMILES string of the molecule is c1ccc(N(c2cc(-c3ccc4c(c3)oc3ccccc34)cc(-c3ccc4c(c3)c3ccccc3n4-c3cccc4ccccc34)c2)c2ccc3c(c2)c2cc4ccccc4cc2n3-c2ccccc2)cc1. The van der Waals surface area contributed by atoms with Crippen LogP contribution in [0.5, 0.6) is 0 Å². The highest BCUT2D eigenvalue weighted by Crippen LogP contribution is 2.45. The van der Waals surface area contributed by atoms with Crippen molar-refractivity contribution in [3.05, 3.63) is 261 Å². The van der Waals surface area contributed by atoms with Crippen LogP contribution in [0.1, 0.15) is 0 Å². The van der Waals surface area contributed by atoms with Gasteiger partial charge in [0.25, 0.3) is 0 Å². The summed E-state index contributed by atoms with van der Waals surface area (Å²) in [5, 5.41) is 12.0. The van der Waals surface area contributed by atoms with Gasteiger partial charge in [-0.3, -0.25) is 0 Å². The zero-order valence-electron chi connectivity index (χ0n) is 39.1. The van der Waals surface area contributed by atoms with Gasteiger partial charge in [-0.15, -0.1) is 0 Å². The second-order valence-electron chi connectivity index (χ2n) is 18.9. The fourth-order valence-electron chi connectivity index (χ4n) is 11.5. The first-order valence-corrected chi connectivity index (χ1v) is 24.6. The van der Waals surface area contributed by atoms with Crippen molar-refractivity contribution in [2.24, 2.45) is 0 Å². The first kappa shape index (κ1) is 40.3. The fourth-order valence-corrected chi connectivity index (χ4v) is 11.5. The van der Waals surface area contributed by atoms with Gasteiger partial charge in [0.15, 0.2) is 0 Å². The minimum absolute atomic E-state index is 0.871. The largest absolute Gasteiger partial charge is 0.456 e. The molecule has 0 bridgehead atoms. The summed E-state index contributed by atoms with van der Waals surface area (Å²) in [7, 11) is 0. The summed E-state index contributed by atoms with van der Waals surface area (Å²) < 4.78 is 11.4. The highest BCUT2D eigenvalue weighted by atomic mass is 16.3. The number of aromatic nitrogens is 2. The van der Waals surface area contributed by atoms with Crippen molar-refractivity contribution in [2.75, 3.05) is 4.90 Å². The predicted molar refractivity (Wildman–Crippen MR) is 303 cm³/mol. The van der Waals surface area contributed by atoms with E-state index >= 15 is 0 Å². The van der Waals surface area contributed by atoms with Gasteiger partial charge in [-0.25, -0.2) is 0 Å². The molecule has 0 aliphatic heterocycles. The molecule has 0 radical (unpaired) electrons. The van der Waals surface area contributed by atoms with Crippen molar-refractivity contribution >= 4 is 104 Å². The lowest BCUT2D eigenvalue weighted by Gasteiger charge is -2.27. The standard InChI is InChI=1S/C68H43N3O/c1-3-20-51(21-4-1)69(53-32-35-64-61(43-53)60-39-45-17-7-8-18-46(45)41-66(60)70(64)52-22-5-2-6-23-52)54-37-49(36-50(38-54)48-30-33-58-57-26-12-14-29-67(57)72-68(58)42-48)47-31-34-65-59(40-47)56-25-11-13-27-63(56)71(65)62-28-15-19-44-16-9-10-24-55(44)62/h1-43H. The van der Waals surface area contributed by atoms with Gasteiger partial charge in [0.2, 0.25) is 0 Å². The van der Waals surface area contributed by atoms with Gasteiger partial charge in [0.05, 0.1) is 27.8 Å². The molecule has 0 atom stereocenters. The smallest absolute Gasteiger partial charge is 0.136 e. The van der Waals surface area contributed by atoms with E-state index in [1.54, 1.807) is 0 Å². The average molecular weight is 918 g/mol. The molecule has 0 aliphatic rings. The third kappa shape index (κ3) is 6.33. The molecule has 0 N–H and O–H groups in total. The highest BCUT2D eigenvalue weighted by Gasteiger charge is 2.21. The topological polar surface area (TPSA) is 26.2 Å². The highest BCUT2D eigenvalue weighted by molar-refractivity contribution is 6.15. The molecule has 12 aromatic carbocycles. The zero-order valence-corrected chi connectivity index (χ0v) is 39.1. The second kappa shape index (κ2) is 16.0. The predicted octanol–water partition coefficient (Wildman–Crippen LogP) is 18.9. The summed E-state index contributed by atoms with van der Waals surface area (Å²) in [5.41, 5.74) is 16.4. The van der Waals surface area contributed by atoms with Crippen molar-refractivity contribution in [3.63, 3.8) is 0 Å². The molecule has 336 valence electrons. The van der Waals surface area contributed by atoms with E-state index in [-0.39, 0.29) is 0 Å². The Bertz CT molecular complexity index is 4630. The van der Waals surface area contributed by atoms with E-state index in [1.165, 1.54) is 65.3 Å². The molecule has 72 heavy (non-hydrogen) atoms. The molecular formula is C68H43N3O. The quantitative estimate of drug-likeness (QED) is 0.159. The number of furan rings is 1. The number of hydrogen-bond acceptors (Lipinski definition) is 2. The Labute approximate surface area is 415 Å². The molecule has 3 heterocycles. The van der Waals surface area contributed by atoms with Crippen LogP contribution in [0.2, 0.25) is 0 Å².